The lowest BCUT2D eigenvalue weighted by atomic mass is 10.1. The fourth-order valence-corrected chi connectivity index (χ4v) is 2.49. The maximum Gasteiger partial charge on any atom is 0.360 e. The summed E-state index contributed by atoms with van der Waals surface area (Å²) in [5.41, 5.74) is 4.07. The van der Waals surface area contributed by atoms with E-state index in [0.29, 0.717) is 0 Å². The van der Waals surface area contributed by atoms with Gasteiger partial charge in [0.25, 0.3) is 0 Å². The summed E-state index contributed by atoms with van der Waals surface area (Å²) in [6, 6.07) is 12.5. The first kappa shape index (κ1) is 15.9. The summed E-state index contributed by atoms with van der Waals surface area (Å²) in [5.74, 6) is 2.09. The van der Waals surface area contributed by atoms with Crippen LogP contribution in [0.2, 0.25) is 0 Å². The summed E-state index contributed by atoms with van der Waals surface area (Å²) in [6.07, 6.45) is 3.65. The van der Waals surface area contributed by atoms with Gasteiger partial charge in [-0.05, 0) is 37.0 Å². The average molecular weight is 311 g/mol. The third kappa shape index (κ3) is 4.77. The molecule has 1 heterocycles. The predicted octanol–water partition coefficient (Wildman–Crippen LogP) is -0.731. The number of rotatable bonds is 1. The van der Waals surface area contributed by atoms with Gasteiger partial charge in [-0.25, -0.2) is 23.1 Å². The van der Waals surface area contributed by atoms with Crippen molar-refractivity contribution in [1.29, 1.82) is 0 Å². The number of aryl methyl sites for hydroxylation is 2. The number of hydrogen-bond acceptors (Lipinski definition) is 4. The van der Waals surface area contributed by atoms with Crippen LogP contribution in [-0.2, 0) is 12.8 Å². The molecule has 3 rings (SSSR count). The Kier molecular flexibility index (Phi) is 4.92. The first-order valence-electron chi connectivity index (χ1n) is 6.47. The molecule has 112 valence electrons. The number of halogens is 1. The van der Waals surface area contributed by atoms with E-state index < -0.39 is 10.2 Å². The lowest BCUT2D eigenvalue weighted by molar-refractivity contribution is -2.00. The Balaban J connectivity index is 0.000000282. The van der Waals surface area contributed by atoms with Crippen LogP contribution < -0.4 is 18.6 Å². The normalized spacial score (nSPS) is 13.4. The first-order valence-corrected chi connectivity index (χ1v) is 7.71. The van der Waals surface area contributed by atoms with Gasteiger partial charge in [-0.15, -0.1) is 10.2 Å². The fraction of sp³-hybridized carbons (Fsp3) is 0.267. The highest BCUT2D eigenvalue weighted by Gasteiger charge is 2.24. The highest BCUT2D eigenvalue weighted by atomic mass is 35.7. The van der Waals surface area contributed by atoms with Crippen LogP contribution in [0.15, 0.2) is 40.8 Å². The largest absolute Gasteiger partial charge is 0.360 e. The monoisotopic (exact) mass is 310 g/mol. The van der Waals surface area contributed by atoms with Crippen LogP contribution >= 0.6 is 0 Å². The van der Waals surface area contributed by atoms with E-state index >= 15 is 0 Å². The Bertz CT molecular complexity index is 601. The number of hydrogen-bond donors (Lipinski definition) is 0. The van der Waals surface area contributed by atoms with E-state index in [0.717, 1.165) is 11.5 Å². The molecular formula is C15H15ClO5. The van der Waals surface area contributed by atoms with Gasteiger partial charge in [0.1, 0.15) is 0 Å². The summed E-state index contributed by atoms with van der Waals surface area (Å²) < 4.78 is 39.9. The molecule has 0 atom stereocenters. The first-order chi connectivity index (χ1) is 9.84. The third-order valence-electron chi connectivity index (χ3n) is 3.31. The molecular weight excluding hydrogens is 296 g/mol. The molecule has 0 radical (unpaired) electrons. The van der Waals surface area contributed by atoms with Crippen molar-refractivity contribution < 1.29 is 33.3 Å². The van der Waals surface area contributed by atoms with Gasteiger partial charge < -0.3 is 0 Å². The van der Waals surface area contributed by atoms with Crippen molar-refractivity contribution in [3.8, 4) is 11.3 Å². The van der Waals surface area contributed by atoms with Crippen molar-refractivity contribution in [1.82, 2.24) is 0 Å². The molecule has 1 aromatic heterocycles. The Hall–Kier alpha value is -1.50. The van der Waals surface area contributed by atoms with Crippen molar-refractivity contribution in [2.24, 2.45) is 0 Å². The van der Waals surface area contributed by atoms with Crippen LogP contribution in [0.1, 0.15) is 23.3 Å². The van der Waals surface area contributed by atoms with Crippen LogP contribution in [0.25, 0.3) is 11.3 Å². The molecule has 0 aliphatic heterocycles. The van der Waals surface area contributed by atoms with Gasteiger partial charge >= 0.3 is 11.5 Å². The molecule has 1 aliphatic carbocycles. The fourth-order valence-electron chi connectivity index (χ4n) is 2.49. The molecule has 0 saturated carbocycles. The minimum absolute atomic E-state index is 0.999. The van der Waals surface area contributed by atoms with E-state index in [1.54, 1.807) is 0 Å². The minimum atomic E-state index is -4.94. The second kappa shape index (κ2) is 6.51. The van der Waals surface area contributed by atoms with Crippen molar-refractivity contribution in [3.63, 3.8) is 0 Å². The molecule has 1 aromatic carbocycles. The maximum absolute atomic E-state index is 8.49. The molecule has 21 heavy (non-hydrogen) atoms. The summed E-state index contributed by atoms with van der Waals surface area (Å²) in [5, 5.41) is 0. The van der Waals surface area contributed by atoms with E-state index in [-0.39, 0.29) is 0 Å². The van der Waals surface area contributed by atoms with Crippen molar-refractivity contribution >= 4 is 0 Å². The molecule has 0 amide bonds. The Morgan fingerprint density at radius 2 is 1.62 bits per heavy atom. The van der Waals surface area contributed by atoms with E-state index in [9.17, 15) is 0 Å². The minimum Gasteiger partial charge on any atom is -0.222 e. The van der Waals surface area contributed by atoms with Crippen molar-refractivity contribution in [3.05, 3.63) is 53.3 Å². The van der Waals surface area contributed by atoms with Crippen molar-refractivity contribution in [2.75, 3.05) is 0 Å². The summed E-state index contributed by atoms with van der Waals surface area (Å²) >= 11 is 0. The molecule has 0 spiro atoms. The van der Waals surface area contributed by atoms with Crippen LogP contribution in [0.3, 0.4) is 0 Å². The summed E-state index contributed by atoms with van der Waals surface area (Å²) in [6.45, 7) is 2.08. The van der Waals surface area contributed by atoms with Gasteiger partial charge in [0, 0.05) is 6.07 Å². The highest BCUT2D eigenvalue weighted by molar-refractivity contribution is 5.59. The van der Waals surface area contributed by atoms with Crippen LogP contribution in [0.4, 0.5) is 0 Å². The molecule has 5 nitrogen and oxygen atoms in total. The SMILES string of the molecule is Cc1[o+]c(-c2ccccc2)cc2c1CCC2.[O-][Cl+3]([O-])([O-])[O-]. The van der Waals surface area contributed by atoms with Gasteiger partial charge in [-0.3, -0.25) is 0 Å². The molecule has 0 bridgehead atoms. The summed E-state index contributed by atoms with van der Waals surface area (Å²) in [4.78, 5) is 0. The standard InChI is InChI=1S/C15H15O.ClHO4/c1-11-14-9-5-8-13(14)10-15(16-11)12-6-3-2-4-7-12;2-1(3,4)5/h2-4,6-7,10H,5,8-9H2,1H3;(H,2,3,4,5)/q+1;/p-1. The Labute approximate surface area is 124 Å². The molecule has 0 saturated heterocycles. The van der Waals surface area contributed by atoms with Gasteiger partial charge in [0.2, 0.25) is 0 Å². The van der Waals surface area contributed by atoms with Gasteiger partial charge in [-0.1, -0.05) is 18.2 Å². The second-order valence-corrected chi connectivity index (χ2v) is 5.52. The average Bonchev–Trinajstić information content (AvgIpc) is 2.86. The molecule has 0 unspecified atom stereocenters. The van der Waals surface area contributed by atoms with Crippen LogP contribution in [-0.4, -0.2) is 0 Å². The van der Waals surface area contributed by atoms with Gasteiger partial charge in [0.15, 0.2) is 0 Å². The van der Waals surface area contributed by atoms with E-state index in [2.05, 4.69) is 25.1 Å². The molecule has 1 aliphatic rings. The zero-order chi connectivity index (χ0) is 15.5. The third-order valence-corrected chi connectivity index (χ3v) is 3.31. The molecule has 0 N–H and O–H groups in total. The lowest BCUT2D eigenvalue weighted by Crippen LogP contribution is -2.68. The second-order valence-electron chi connectivity index (χ2n) is 4.77. The molecule has 2 aromatic rings. The lowest BCUT2D eigenvalue weighted by Gasteiger charge is -2.17. The van der Waals surface area contributed by atoms with Crippen LogP contribution in [0, 0.1) is 17.2 Å². The van der Waals surface area contributed by atoms with Gasteiger partial charge in [-0.2, -0.15) is 0 Å². The smallest absolute Gasteiger partial charge is 0.222 e. The predicted molar refractivity (Wildman–Crippen MR) is 65.3 cm³/mol. The highest BCUT2D eigenvalue weighted by Crippen LogP contribution is 2.30. The zero-order valence-electron chi connectivity index (χ0n) is 11.5. The van der Waals surface area contributed by atoms with E-state index in [1.165, 1.54) is 36.0 Å². The topological polar surface area (TPSA) is 104 Å². The Morgan fingerprint density at radius 3 is 2.24 bits per heavy atom. The zero-order valence-corrected chi connectivity index (χ0v) is 12.3. The number of benzene rings is 1. The number of fused-ring (bicyclic) bond motifs is 1. The Morgan fingerprint density at radius 1 is 1.00 bits per heavy atom. The quantitative estimate of drug-likeness (QED) is 0.646. The molecule has 6 heteroatoms. The maximum atomic E-state index is 8.49. The van der Waals surface area contributed by atoms with Gasteiger partial charge in [0.05, 0.1) is 18.1 Å². The summed E-state index contributed by atoms with van der Waals surface area (Å²) in [7, 11) is -4.94. The van der Waals surface area contributed by atoms with E-state index in [1.807, 2.05) is 18.2 Å². The van der Waals surface area contributed by atoms with Crippen LogP contribution in [0.5, 0.6) is 0 Å². The van der Waals surface area contributed by atoms with Crippen molar-refractivity contribution in [2.45, 2.75) is 26.2 Å². The van der Waals surface area contributed by atoms with E-state index in [4.69, 9.17) is 23.1 Å². The molecule has 0 fully saturated rings.